The van der Waals surface area contributed by atoms with Gasteiger partial charge >= 0.3 is 6.18 Å². The third-order valence-corrected chi connectivity index (χ3v) is 3.12. The average Bonchev–Trinajstić information content (AvgIpc) is 2.72. The zero-order valence-corrected chi connectivity index (χ0v) is 10.3. The molecule has 1 N–H and O–H groups in total. The first-order valence-electron chi connectivity index (χ1n) is 5.13. The first-order chi connectivity index (χ1) is 8.45. The fourth-order valence-corrected chi connectivity index (χ4v) is 2.07. The van der Waals surface area contributed by atoms with Gasteiger partial charge in [-0.3, -0.25) is 0 Å². The van der Waals surface area contributed by atoms with E-state index in [0.29, 0.717) is 12.4 Å². The number of halogens is 3. The summed E-state index contributed by atoms with van der Waals surface area (Å²) in [6, 6.07) is 2.32. The van der Waals surface area contributed by atoms with Crippen molar-refractivity contribution < 1.29 is 13.2 Å². The molecule has 0 bridgehead atoms. The van der Waals surface area contributed by atoms with Gasteiger partial charge in [0.1, 0.15) is 5.82 Å². The molecular weight excluding hydrogens is 263 g/mol. The van der Waals surface area contributed by atoms with Crippen LogP contribution < -0.4 is 5.32 Å². The highest BCUT2D eigenvalue weighted by atomic mass is 32.1. The van der Waals surface area contributed by atoms with Crippen molar-refractivity contribution in [3.05, 3.63) is 40.0 Å². The van der Waals surface area contributed by atoms with Gasteiger partial charge in [0.05, 0.1) is 17.1 Å². The highest BCUT2D eigenvalue weighted by Gasteiger charge is 2.30. The van der Waals surface area contributed by atoms with E-state index in [9.17, 15) is 13.2 Å². The summed E-state index contributed by atoms with van der Waals surface area (Å²) >= 11 is 1.53. The molecular formula is C11H10F3N3S. The Kier molecular flexibility index (Phi) is 3.51. The monoisotopic (exact) mass is 273 g/mol. The van der Waals surface area contributed by atoms with Gasteiger partial charge in [-0.1, -0.05) is 0 Å². The fourth-order valence-electron chi connectivity index (χ4n) is 1.33. The number of aromatic nitrogens is 2. The SMILES string of the molecule is Cc1ncc(CNc2ccc(C(F)(F)F)cn2)s1. The van der Waals surface area contributed by atoms with Gasteiger partial charge in [0.15, 0.2) is 0 Å². The summed E-state index contributed by atoms with van der Waals surface area (Å²) in [6.07, 6.45) is -1.79. The van der Waals surface area contributed by atoms with Crippen molar-refractivity contribution in [2.24, 2.45) is 0 Å². The highest BCUT2D eigenvalue weighted by molar-refractivity contribution is 7.11. The molecule has 2 aromatic heterocycles. The second kappa shape index (κ2) is 4.93. The van der Waals surface area contributed by atoms with Crippen molar-refractivity contribution in [2.45, 2.75) is 19.6 Å². The Morgan fingerprint density at radius 1 is 1.22 bits per heavy atom. The molecule has 18 heavy (non-hydrogen) atoms. The van der Waals surface area contributed by atoms with E-state index in [4.69, 9.17) is 0 Å². The fraction of sp³-hybridized carbons (Fsp3) is 0.273. The third-order valence-electron chi connectivity index (χ3n) is 2.20. The van der Waals surface area contributed by atoms with E-state index in [0.717, 1.165) is 22.1 Å². The number of thiazole rings is 1. The molecule has 3 nitrogen and oxygen atoms in total. The van der Waals surface area contributed by atoms with E-state index >= 15 is 0 Å². The van der Waals surface area contributed by atoms with E-state index < -0.39 is 11.7 Å². The topological polar surface area (TPSA) is 37.8 Å². The van der Waals surface area contributed by atoms with Gasteiger partial charge in [-0.2, -0.15) is 13.2 Å². The summed E-state index contributed by atoms with van der Waals surface area (Å²) in [5, 5.41) is 3.90. The standard InChI is InChI=1S/C11H10F3N3S/c1-7-15-5-9(18-7)6-17-10-3-2-8(4-16-10)11(12,13)14/h2-5H,6H2,1H3,(H,16,17). The van der Waals surface area contributed by atoms with Crippen LogP contribution in [0.4, 0.5) is 19.0 Å². The van der Waals surface area contributed by atoms with Gasteiger partial charge in [-0.25, -0.2) is 9.97 Å². The number of hydrogen-bond donors (Lipinski definition) is 1. The van der Waals surface area contributed by atoms with Crippen LogP contribution in [0.2, 0.25) is 0 Å². The Labute approximate surface area is 106 Å². The van der Waals surface area contributed by atoms with Crippen LogP contribution in [-0.4, -0.2) is 9.97 Å². The van der Waals surface area contributed by atoms with Crippen molar-refractivity contribution in [3.63, 3.8) is 0 Å². The zero-order chi connectivity index (χ0) is 13.2. The number of nitrogens with one attached hydrogen (secondary N) is 1. The molecule has 96 valence electrons. The minimum Gasteiger partial charge on any atom is -0.365 e. The number of aryl methyl sites for hydroxylation is 1. The number of rotatable bonds is 3. The average molecular weight is 273 g/mol. The molecule has 0 spiro atoms. The Morgan fingerprint density at radius 3 is 2.50 bits per heavy atom. The summed E-state index contributed by atoms with van der Waals surface area (Å²) < 4.78 is 36.9. The van der Waals surface area contributed by atoms with Crippen molar-refractivity contribution in [1.82, 2.24) is 9.97 Å². The lowest BCUT2D eigenvalue weighted by molar-refractivity contribution is -0.137. The molecule has 7 heteroatoms. The number of hydrogen-bond acceptors (Lipinski definition) is 4. The van der Waals surface area contributed by atoms with Crippen LogP contribution in [0.3, 0.4) is 0 Å². The van der Waals surface area contributed by atoms with Crippen molar-refractivity contribution >= 4 is 17.2 Å². The second-order valence-electron chi connectivity index (χ2n) is 3.63. The Bertz CT molecular complexity index is 519. The second-order valence-corrected chi connectivity index (χ2v) is 4.95. The largest absolute Gasteiger partial charge is 0.417 e. The van der Waals surface area contributed by atoms with Crippen LogP contribution in [-0.2, 0) is 12.7 Å². The molecule has 2 rings (SSSR count). The Morgan fingerprint density at radius 2 is 2.00 bits per heavy atom. The van der Waals surface area contributed by atoms with Crippen LogP contribution >= 0.6 is 11.3 Å². The highest BCUT2D eigenvalue weighted by Crippen LogP contribution is 2.28. The molecule has 0 unspecified atom stereocenters. The van der Waals surface area contributed by atoms with Crippen molar-refractivity contribution in [1.29, 1.82) is 0 Å². The maximum atomic E-state index is 12.3. The van der Waals surface area contributed by atoms with Gasteiger partial charge < -0.3 is 5.32 Å². The number of alkyl halides is 3. The van der Waals surface area contributed by atoms with Gasteiger partial charge in [0, 0.05) is 17.3 Å². The van der Waals surface area contributed by atoms with E-state index in [1.54, 1.807) is 6.20 Å². The van der Waals surface area contributed by atoms with E-state index in [2.05, 4.69) is 15.3 Å². The first kappa shape index (κ1) is 12.8. The van der Waals surface area contributed by atoms with Gasteiger partial charge in [-0.15, -0.1) is 11.3 Å². The minimum atomic E-state index is -4.35. The van der Waals surface area contributed by atoms with E-state index in [1.165, 1.54) is 17.4 Å². The molecule has 0 aromatic carbocycles. The van der Waals surface area contributed by atoms with E-state index in [-0.39, 0.29) is 0 Å². The van der Waals surface area contributed by atoms with Crippen LogP contribution in [0.15, 0.2) is 24.5 Å². The number of nitrogens with zero attached hydrogens (tertiary/aromatic N) is 2. The van der Waals surface area contributed by atoms with Crippen LogP contribution in [0.25, 0.3) is 0 Å². The first-order valence-corrected chi connectivity index (χ1v) is 5.95. The maximum absolute atomic E-state index is 12.3. The molecule has 0 aliphatic rings. The molecule has 0 radical (unpaired) electrons. The Balaban J connectivity index is 1.98. The summed E-state index contributed by atoms with van der Waals surface area (Å²) in [5.74, 6) is 0.411. The predicted octanol–water partition coefficient (Wildman–Crippen LogP) is 3.48. The molecule has 0 atom stereocenters. The lowest BCUT2D eigenvalue weighted by Gasteiger charge is -2.07. The molecule has 0 fully saturated rings. The summed E-state index contributed by atoms with van der Waals surface area (Å²) in [6.45, 7) is 2.40. The molecule has 0 aliphatic heterocycles. The number of pyridine rings is 1. The molecule has 0 saturated carbocycles. The molecule has 0 aliphatic carbocycles. The normalized spacial score (nSPS) is 11.6. The number of anilines is 1. The molecule has 0 saturated heterocycles. The zero-order valence-electron chi connectivity index (χ0n) is 9.45. The lowest BCUT2D eigenvalue weighted by atomic mass is 10.3. The third kappa shape index (κ3) is 3.19. The van der Waals surface area contributed by atoms with Gasteiger partial charge in [-0.05, 0) is 19.1 Å². The lowest BCUT2D eigenvalue weighted by Crippen LogP contribution is -2.06. The Hall–Kier alpha value is -1.63. The predicted molar refractivity (Wildman–Crippen MR) is 63.4 cm³/mol. The summed E-state index contributed by atoms with van der Waals surface area (Å²) in [4.78, 5) is 8.81. The van der Waals surface area contributed by atoms with Gasteiger partial charge in [0.25, 0.3) is 0 Å². The quantitative estimate of drug-likeness (QED) is 0.930. The van der Waals surface area contributed by atoms with Crippen molar-refractivity contribution in [2.75, 3.05) is 5.32 Å². The van der Waals surface area contributed by atoms with Crippen LogP contribution in [0, 0.1) is 6.92 Å². The smallest absolute Gasteiger partial charge is 0.365 e. The van der Waals surface area contributed by atoms with Gasteiger partial charge in [0.2, 0.25) is 0 Å². The molecule has 2 aromatic rings. The molecule has 2 heterocycles. The molecule has 0 amide bonds. The maximum Gasteiger partial charge on any atom is 0.417 e. The summed E-state index contributed by atoms with van der Waals surface area (Å²) in [7, 11) is 0. The van der Waals surface area contributed by atoms with Crippen LogP contribution in [0.1, 0.15) is 15.4 Å². The summed E-state index contributed by atoms with van der Waals surface area (Å²) in [5.41, 5.74) is -0.748. The van der Waals surface area contributed by atoms with E-state index in [1.807, 2.05) is 6.92 Å². The van der Waals surface area contributed by atoms with Crippen molar-refractivity contribution in [3.8, 4) is 0 Å². The van der Waals surface area contributed by atoms with Crippen LogP contribution in [0.5, 0.6) is 0 Å². The minimum absolute atomic E-state index is 0.411.